The summed E-state index contributed by atoms with van der Waals surface area (Å²) in [4.78, 5) is 16.2. The minimum atomic E-state index is -0.577. The van der Waals surface area contributed by atoms with Crippen LogP contribution in [0.2, 0.25) is 0 Å². The van der Waals surface area contributed by atoms with Crippen molar-refractivity contribution < 1.29 is 13.6 Å². The van der Waals surface area contributed by atoms with E-state index >= 15 is 0 Å². The third kappa shape index (κ3) is 3.29. The predicted octanol–water partition coefficient (Wildman–Crippen LogP) is 3.44. The Balaban J connectivity index is 1.84. The van der Waals surface area contributed by atoms with Crippen LogP contribution in [0.3, 0.4) is 0 Å². The molecule has 2 atom stereocenters. The zero-order valence-electron chi connectivity index (χ0n) is 13.9. The molecule has 24 heavy (non-hydrogen) atoms. The molecule has 5 nitrogen and oxygen atoms in total. The second-order valence-electron chi connectivity index (χ2n) is 6.66. The molecular weight excluding hydrogens is 314 g/mol. The van der Waals surface area contributed by atoms with Gasteiger partial charge in [-0.15, -0.1) is 5.10 Å². The van der Waals surface area contributed by atoms with Crippen molar-refractivity contribution in [3.05, 3.63) is 41.2 Å². The van der Waals surface area contributed by atoms with Gasteiger partial charge in [0.15, 0.2) is 0 Å². The summed E-state index contributed by atoms with van der Waals surface area (Å²) in [5.74, 6) is -0.372. The van der Waals surface area contributed by atoms with Crippen molar-refractivity contribution in [2.75, 3.05) is 5.32 Å². The third-order valence-corrected chi connectivity index (χ3v) is 4.29. The van der Waals surface area contributed by atoms with Gasteiger partial charge in [-0.2, -0.15) is 4.98 Å². The molecule has 128 valence electrons. The highest BCUT2D eigenvalue weighted by molar-refractivity contribution is 5.90. The van der Waals surface area contributed by atoms with Gasteiger partial charge in [0.25, 0.3) is 0 Å². The fraction of sp³-hybridized carbons (Fsp3) is 0.471. The second-order valence-corrected chi connectivity index (χ2v) is 6.66. The van der Waals surface area contributed by atoms with Gasteiger partial charge in [0.05, 0.1) is 0 Å². The highest BCUT2D eigenvalue weighted by atomic mass is 19.1. The fourth-order valence-electron chi connectivity index (χ4n) is 3.03. The van der Waals surface area contributed by atoms with E-state index in [-0.39, 0.29) is 29.6 Å². The van der Waals surface area contributed by atoms with Crippen molar-refractivity contribution >= 4 is 11.9 Å². The monoisotopic (exact) mass is 334 g/mol. The van der Waals surface area contributed by atoms with E-state index < -0.39 is 11.6 Å². The quantitative estimate of drug-likeness (QED) is 0.935. The average Bonchev–Trinajstić information content (AvgIpc) is 2.89. The summed E-state index contributed by atoms with van der Waals surface area (Å²) in [5.41, 5.74) is 0.619. The van der Waals surface area contributed by atoms with E-state index in [9.17, 15) is 13.6 Å². The van der Waals surface area contributed by atoms with Gasteiger partial charge in [-0.3, -0.25) is 10.1 Å². The van der Waals surface area contributed by atoms with Crippen LogP contribution in [0, 0.1) is 17.6 Å². The van der Waals surface area contributed by atoms with Crippen molar-refractivity contribution in [2.45, 2.75) is 45.6 Å². The molecule has 0 saturated carbocycles. The first-order valence-corrected chi connectivity index (χ1v) is 8.05. The van der Waals surface area contributed by atoms with E-state index in [0.29, 0.717) is 12.1 Å². The minimum Gasteiger partial charge on any atom is -0.293 e. The SMILES string of the molecule is CC(C)C(=O)Nc1nc2n(n1)CC(c1cc(F)cc(F)c1)CC2C. The average molecular weight is 334 g/mol. The van der Waals surface area contributed by atoms with Gasteiger partial charge in [0.1, 0.15) is 17.5 Å². The van der Waals surface area contributed by atoms with E-state index in [4.69, 9.17) is 0 Å². The maximum absolute atomic E-state index is 13.5. The van der Waals surface area contributed by atoms with Gasteiger partial charge < -0.3 is 0 Å². The Kier molecular flexibility index (Phi) is 4.34. The maximum Gasteiger partial charge on any atom is 0.248 e. The molecule has 0 fully saturated rings. The van der Waals surface area contributed by atoms with Crippen LogP contribution in [0.4, 0.5) is 14.7 Å². The highest BCUT2D eigenvalue weighted by Gasteiger charge is 2.29. The number of rotatable bonds is 3. The van der Waals surface area contributed by atoms with Gasteiger partial charge >= 0.3 is 0 Å². The van der Waals surface area contributed by atoms with Gasteiger partial charge in [-0.1, -0.05) is 20.8 Å². The number of amides is 1. The summed E-state index contributed by atoms with van der Waals surface area (Å²) in [6.07, 6.45) is 0.721. The van der Waals surface area contributed by atoms with Crippen LogP contribution in [0.5, 0.6) is 0 Å². The molecule has 0 radical (unpaired) electrons. The first kappa shape index (κ1) is 16.5. The molecule has 0 aliphatic carbocycles. The number of nitrogens with one attached hydrogen (secondary N) is 1. The Morgan fingerprint density at radius 2 is 1.96 bits per heavy atom. The molecule has 1 N–H and O–H groups in total. The Hall–Kier alpha value is -2.31. The number of nitrogens with zero attached hydrogens (tertiary/aromatic N) is 3. The normalized spacial score (nSPS) is 20.1. The van der Waals surface area contributed by atoms with Crippen molar-refractivity contribution in [1.82, 2.24) is 14.8 Å². The van der Waals surface area contributed by atoms with E-state index in [1.165, 1.54) is 12.1 Å². The van der Waals surface area contributed by atoms with Crippen molar-refractivity contribution in [2.24, 2.45) is 5.92 Å². The van der Waals surface area contributed by atoms with Crippen molar-refractivity contribution in [3.63, 3.8) is 0 Å². The number of hydrogen-bond acceptors (Lipinski definition) is 3. The molecule has 1 aromatic heterocycles. The second kappa shape index (κ2) is 6.30. The zero-order valence-corrected chi connectivity index (χ0v) is 13.9. The van der Waals surface area contributed by atoms with E-state index in [1.54, 1.807) is 18.5 Å². The Bertz CT molecular complexity index is 752. The van der Waals surface area contributed by atoms with Crippen LogP contribution >= 0.6 is 0 Å². The number of halogens is 2. The van der Waals surface area contributed by atoms with E-state index in [0.717, 1.165) is 18.3 Å². The smallest absolute Gasteiger partial charge is 0.248 e. The number of fused-ring (bicyclic) bond motifs is 1. The molecule has 1 amide bonds. The molecule has 0 spiro atoms. The van der Waals surface area contributed by atoms with E-state index in [2.05, 4.69) is 15.4 Å². The van der Waals surface area contributed by atoms with Crippen LogP contribution in [0.1, 0.15) is 50.4 Å². The van der Waals surface area contributed by atoms with Gasteiger partial charge in [-0.05, 0) is 24.1 Å². The topological polar surface area (TPSA) is 59.8 Å². The minimum absolute atomic E-state index is 0.0481. The summed E-state index contributed by atoms with van der Waals surface area (Å²) < 4.78 is 28.7. The largest absolute Gasteiger partial charge is 0.293 e. The summed E-state index contributed by atoms with van der Waals surface area (Å²) in [6.45, 7) is 6.06. The standard InChI is InChI=1S/C17H20F2N4O/c1-9(2)16(24)21-17-20-15-10(3)4-12(8-23(15)22-17)11-5-13(18)7-14(19)6-11/h5-7,9-10,12H,4,8H2,1-3H3,(H,21,22,24). The number of anilines is 1. The molecule has 2 unspecified atom stereocenters. The van der Waals surface area contributed by atoms with Crippen LogP contribution < -0.4 is 5.32 Å². The van der Waals surface area contributed by atoms with Crippen LogP contribution in [-0.4, -0.2) is 20.7 Å². The van der Waals surface area contributed by atoms with Crippen LogP contribution in [-0.2, 0) is 11.3 Å². The number of aromatic nitrogens is 3. The molecule has 2 heterocycles. The van der Waals surface area contributed by atoms with Crippen molar-refractivity contribution in [3.8, 4) is 0 Å². The van der Waals surface area contributed by atoms with E-state index in [1.807, 2.05) is 6.92 Å². The molecule has 2 aromatic rings. The molecule has 1 aromatic carbocycles. The molecule has 0 saturated heterocycles. The number of carbonyl (C=O) groups is 1. The summed E-state index contributed by atoms with van der Waals surface area (Å²) in [7, 11) is 0. The summed E-state index contributed by atoms with van der Waals surface area (Å²) >= 11 is 0. The maximum atomic E-state index is 13.5. The van der Waals surface area contributed by atoms with Gasteiger partial charge in [0, 0.05) is 30.4 Å². The molecule has 1 aliphatic rings. The highest BCUT2D eigenvalue weighted by Crippen LogP contribution is 2.36. The Morgan fingerprint density at radius 1 is 1.29 bits per heavy atom. The van der Waals surface area contributed by atoms with Crippen molar-refractivity contribution in [1.29, 1.82) is 0 Å². The first-order valence-electron chi connectivity index (χ1n) is 8.05. The fourth-order valence-corrected chi connectivity index (χ4v) is 3.03. The van der Waals surface area contributed by atoms with Crippen LogP contribution in [0.15, 0.2) is 18.2 Å². The molecule has 1 aliphatic heterocycles. The number of hydrogen-bond donors (Lipinski definition) is 1. The number of carbonyl (C=O) groups excluding carboxylic acids is 1. The lowest BCUT2D eigenvalue weighted by molar-refractivity contribution is -0.118. The number of benzene rings is 1. The molecule has 7 heteroatoms. The zero-order chi connectivity index (χ0) is 17.4. The predicted molar refractivity (Wildman–Crippen MR) is 85.6 cm³/mol. The van der Waals surface area contributed by atoms with Crippen LogP contribution in [0.25, 0.3) is 0 Å². The molecule has 0 bridgehead atoms. The first-order chi connectivity index (χ1) is 11.3. The lowest BCUT2D eigenvalue weighted by Gasteiger charge is -2.27. The molecular formula is C17H20F2N4O. The van der Waals surface area contributed by atoms with Gasteiger partial charge in [-0.25, -0.2) is 13.5 Å². The Labute approximate surface area is 139 Å². The lowest BCUT2D eigenvalue weighted by Crippen LogP contribution is -2.22. The summed E-state index contributed by atoms with van der Waals surface area (Å²) in [5, 5.41) is 7.02. The summed E-state index contributed by atoms with van der Waals surface area (Å²) in [6, 6.07) is 3.60. The third-order valence-electron chi connectivity index (χ3n) is 4.29. The van der Waals surface area contributed by atoms with Gasteiger partial charge in [0.2, 0.25) is 11.9 Å². The molecule has 3 rings (SSSR count). The lowest BCUT2D eigenvalue weighted by atomic mass is 9.86. The Morgan fingerprint density at radius 3 is 2.58 bits per heavy atom.